The van der Waals surface area contributed by atoms with Crippen molar-refractivity contribution in [3.63, 3.8) is 0 Å². The van der Waals surface area contributed by atoms with Crippen LogP contribution < -0.4 is 5.30 Å². The molecule has 168 valence electrons. The van der Waals surface area contributed by atoms with Crippen LogP contribution in [-0.2, 0) is 6.18 Å². The summed E-state index contributed by atoms with van der Waals surface area (Å²) in [6.45, 7) is 0. The van der Waals surface area contributed by atoms with Gasteiger partial charge in [0.25, 0.3) is 0 Å². The lowest BCUT2D eigenvalue weighted by Gasteiger charge is -2.11. The van der Waals surface area contributed by atoms with E-state index in [1.807, 2.05) is 12.1 Å². The summed E-state index contributed by atoms with van der Waals surface area (Å²) < 4.78 is 39.6. The highest BCUT2D eigenvalue weighted by Crippen LogP contribution is 2.36. The molecule has 1 unspecified atom stereocenters. The van der Waals surface area contributed by atoms with Crippen LogP contribution in [0.5, 0.6) is 0 Å². The molecule has 5 aromatic rings. The number of rotatable bonds is 3. The Morgan fingerprint density at radius 1 is 0.618 bits per heavy atom. The SMILES string of the molecule is FC(F)(F)c1cc(Cl)cc(-c2ccc3cc(-c4ccc(-c5ccc(P)cc5)cc4)cnc3c2)c1. The van der Waals surface area contributed by atoms with Gasteiger partial charge in [-0.05, 0) is 63.5 Å². The number of aromatic nitrogens is 1. The van der Waals surface area contributed by atoms with Crippen molar-refractivity contribution < 1.29 is 13.2 Å². The van der Waals surface area contributed by atoms with Crippen molar-refractivity contribution in [2.45, 2.75) is 6.18 Å². The number of halogens is 4. The van der Waals surface area contributed by atoms with Gasteiger partial charge in [-0.2, -0.15) is 13.2 Å². The highest BCUT2D eigenvalue weighted by molar-refractivity contribution is 7.27. The number of pyridine rings is 1. The van der Waals surface area contributed by atoms with Crippen LogP contribution in [0.4, 0.5) is 13.2 Å². The largest absolute Gasteiger partial charge is 0.416 e. The average molecular weight is 492 g/mol. The van der Waals surface area contributed by atoms with Gasteiger partial charge in [-0.3, -0.25) is 4.98 Å². The smallest absolute Gasteiger partial charge is 0.256 e. The van der Waals surface area contributed by atoms with E-state index in [-0.39, 0.29) is 5.02 Å². The maximum atomic E-state index is 13.2. The summed E-state index contributed by atoms with van der Waals surface area (Å²) in [5, 5.41) is 2.09. The molecule has 1 nitrogen and oxygen atoms in total. The van der Waals surface area contributed by atoms with Gasteiger partial charge in [0, 0.05) is 22.2 Å². The molecule has 4 aromatic carbocycles. The lowest BCUT2D eigenvalue weighted by atomic mass is 9.98. The molecule has 0 saturated heterocycles. The monoisotopic (exact) mass is 491 g/mol. The van der Waals surface area contributed by atoms with Gasteiger partial charge in [-0.25, -0.2) is 0 Å². The number of alkyl halides is 3. The number of nitrogens with zero attached hydrogens (tertiary/aromatic N) is 1. The minimum atomic E-state index is -4.46. The standard InChI is InChI=1S/C28H18ClF3NP/c29-25-13-22(12-24(15-25)28(30,31)32)20-5-6-21-11-23(16-33-27(21)14-20)19-3-1-17(2-4-19)18-7-9-26(34)10-8-18/h1-16H,34H2. The molecule has 0 N–H and O–H groups in total. The van der Waals surface area contributed by atoms with Crippen LogP contribution in [0.15, 0.2) is 97.2 Å². The second-order valence-corrected chi connectivity index (χ2v) is 9.16. The second kappa shape index (κ2) is 8.87. The van der Waals surface area contributed by atoms with E-state index in [1.54, 1.807) is 18.3 Å². The van der Waals surface area contributed by atoms with E-state index in [2.05, 4.69) is 62.8 Å². The normalized spacial score (nSPS) is 11.7. The molecule has 0 spiro atoms. The molecule has 6 heteroatoms. The number of fused-ring (bicyclic) bond motifs is 1. The van der Waals surface area contributed by atoms with Crippen LogP contribution in [0.25, 0.3) is 44.3 Å². The van der Waals surface area contributed by atoms with E-state index in [0.717, 1.165) is 45.1 Å². The highest BCUT2D eigenvalue weighted by atomic mass is 35.5. The summed E-state index contributed by atoms with van der Waals surface area (Å²) in [5.41, 5.74) is 5.24. The van der Waals surface area contributed by atoms with E-state index in [4.69, 9.17) is 11.6 Å². The number of hydrogen-bond donors (Lipinski definition) is 0. The predicted octanol–water partition coefficient (Wildman–Crippen LogP) is 8.41. The molecule has 0 aliphatic rings. The Morgan fingerprint density at radius 2 is 1.21 bits per heavy atom. The molecule has 0 amide bonds. The van der Waals surface area contributed by atoms with Gasteiger partial charge >= 0.3 is 6.18 Å². The van der Waals surface area contributed by atoms with Crippen molar-refractivity contribution in [1.82, 2.24) is 4.98 Å². The molecule has 0 radical (unpaired) electrons. The summed E-state index contributed by atoms with van der Waals surface area (Å²) in [7, 11) is 2.68. The molecular weight excluding hydrogens is 474 g/mol. The molecule has 34 heavy (non-hydrogen) atoms. The molecule has 1 aromatic heterocycles. The molecule has 1 atom stereocenters. The van der Waals surface area contributed by atoms with Crippen molar-refractivity contribution in [1.29, 1.82) is 0 Å². The fraction of sp³-hybridized carbons (Fsp3) is 0.0357. The van der Waals surface area contributed by atoms with Gasteiger partial charge in [-0.15, -0.1) is 9.24 Å². The number of benzene rings is 4. The Bertz CT molecular complexity index is 1490. The summed E-state index contributed by atoms with van der Waals surface area (Å²) in [5.74, 6) is 0. The van der Waals surface area contributed by atoms with Crippen LogP contribution in [-0.4, -0.2) is 4.98 Å². The van der Waals surface area contributed by atoms with Gasteiger partial charge in [-0.1, -0.05) is 72.3 Å². The zero-order chi connectivity index (χ0) is 23.9. The molecule has 0 aliphatic heterocycles. The quantitative estimate of drug-likeness (QED) is 0.231. The van der Waals surface area contributed by atoms with E-state index < -0.39 is 11.7 Å². The highest BCUT2D eigenvalue weighted by Gasteiger charge is 2.31. The van der Waals surface area contributed by atoms with E-state index in [0.29, 0.717) is 16.6 Å². The van der Waals surface area contributed by atoms with E-state index in [1.165, 1.54) is 6.07 Å². The third-order valence-corrected chi connectivity index (χ3v) is 6.31. The van der Waals surface area contributed by atoms with E-state index >= 15 is 0 Å². The van der Waals surface area contributed by atoms with E-state index in [9.17, 15) is 13.2 Å². The molecule has 5 rings (SSSR count). The first-order valence-corrected chi connectivity index (χ1v) is 11.5. The summed E-state index contributed by atoms with van der Waals surface area (Å²) in [6.07, 6.45) is -2.68. The van der Waals surface area contributed by atoms with Crippen molar-refractivity contribution >= 4 is 37.0 Å². The summed E-state index contributed by atoms with van der Waals surface area (Å²) in [6, 6.07) is 27.6. The fourth-order valence-corrected chi connectivity index (χ4v) is 4.34. The summed E-state index contributed by atoms with van der Waals surface area (Å²) >= 11 is 5.95. The van der Waals surface area contributed by atoms with Crippen LogP contribution in [0.2, 0.25) is 5.02 Å². The van der Waals surface area contributed by atoms with Crippen molar-refractivity contribution in [2.24, 2.45) is 0 Å². The molecule has 1 heterocycles. The van der Waals surface area contributed by atoms with Crippen molar-refractivity contribution in [3.8, 4) is 33.4 Å². The zero-order valence-corrected chi connectivity index (χ0v) is 19.7. The van der Waals surface area contributed by atoms with Crippen LogP contribution in [0.3, 0.4) is 0 Å². The van der Waals surface area contributed by atoms with Crippen molar-refractivity contribution in [2.75, 3.05) is 0 Å². The Hall–Kier alpha value is -3.20. The molecule has 0 fully saturated rings. The Morgan fingerprint density at radius 3 is 1.85 bits per heavy atom. The minimum absolute atomic E-state index is 0.0428. The Kier molecular flexibility index (Phi) is 5.89. The second-order valence-electron chi connectivity index (χ2n) is 8.06. The first-order chi connectivity index (χ1) is 16.3. The third-order valence-electron chi connectivity index (χ3n) is 5.70. The Labute approximate surface area is 202 Å². The molecule has 0 aliphatic carbocycles. The molecule has 0 bridgehead atoms. The first-order valence-electron chi connectivity index (χ1n) is 10.5. The third kappa shape index (κ3) is 4.70. The fourth-order valence-electron chi connectivity index (χ4n) is 3.91. The van der Waals surface area contributed by atoms with Gasteiger partial charge < -0.3 is 0 Å². The lowest BCUT2D eigenvalue weighted by molar-refractivity contribution is -0.137. The lowest BCUT2D eigenvalue weighted by Crippen LogP contribution is -2.04. The van der Waals surface area contributed by atoms with Gasteiger partial charge in [0.15, 0.2) is 0 Å². The average Bonchev–Trinajstić information content (AvgIpc) is 2.83. The molecular formula is C28H18ClF3NP. The summed E-state index contributed by atoms with van der Waals surface area (Å²) in [4.78, 5) is 4.57. The van der Waals surface area contributed by atoms with Crippen LogP contribution >= 0.6 is 20.8 Å². The van der Waals surface area contributed by atoms with Crippen LogP contribution in [0, 0.1) is 0 Å². The molecule has 0 saturated carbocycles. The van der Waals surface area contributed by atoms with Gasteiger partial charge in [0.1, 0.15) is 0 Å². The zero-order valence-electron chi connectivity index (χ0n) is 17.8. The maximum absolute atomic E-state index is 13.2. The maximum Gasteiger partial charge on any atom is 0.416 e. The number of hydrogen-bond acceptors (Lipinski definition) is 1. The van der Waals surface area contributed by atoms with Crippen LogP contribution in [0.1, 0.15) is 5.56 Å². The van der Waals surface area contributed by atoms with Crippen molar-refractivity contribution in [3.05, 3.63) is 108 Å². The first kappa shape index (κ1) is 22.6. The Balaban J connectivity index is 1.46. The van der Waals surface area contributed by atoms with Gasteiger partial charge in [0.05, 0.1) is 11.1 Å². The van der Waals surface area contributed by atoms with Gasteiger partial charge in [0.2, 0.25) is 0 Å². The minimum Gasteiger partial charge on any atom is -0.256 e. The topological polar surface area (TPSA) is 12.9 Å². The predicted molar refractivity (Wildman–Crippen MR) is 137 cm³/mol.